The van der Waals surface area contributed by atoms with Crippen LogP contribution >= 0.6 is 0 Å². The summed E-state index contributed by atoms with van der Waals surface area (Å²) in [7, 11) is 1.74. The minimum Gasteiger partial charge on any atom is -0.375 e. The summed E-state index contributed by atoms with van der Waals surface area (Å²) in [6.07, 6.45) is 3.20. The zero-order valence-corrected chi connectivity index (χ0v) is 12.9. The van der Waals surface area contributed by atoms with Gasteiger partial charge in [-0.1, -0.05) is 0 Å². The molecule has 3 rings (SSSR count). The summed E-state index contributed by atoms with van der Waals surface area (Å²) in [6.45, 7) is 5.41. The Bertz CT molecular complexity index is 716. The van der Waals surface area contributed by atoms with Gasteiger partial charge >= 0.3 is 0 Å². The highest BCUT2D eigenvalue weighted by Gasteiger charge is 2.27. The molecule has 22 heavy (non-hydrogen) atoms. The molecule has 0 aromatic carbocycles. The average Bonchev–Trinajstić information content (AvgIpc) is 2.53. The van der Waals surface area contributed by atoms with E-state index in [2.05, 4.69) is 26.8 Å². The van der Waals surface area contributed by atoms with Crippen LogP contribution in [0.2, 0.25) is 0 Å². The quantitative estimate of drug-likeness (QED) is 0.819. The van der Waals surface area contributed by atoms with Gasteiger partial charge in [-0.15, -0.1) is 0 Å². The van der Waals surface area contributed by atoms with Crippen LogP contribution in [0.4, 0.5) is 5.95 Å². The average molecular weight is 301 g/mol. The highest BCUT2D eigenvalue weighted by Crippen LogP contribution is 2.21. The van der Waals surface area contributed by atoms with Gasteiger partial charge in [0.05, 0.1) is 30.1 Å². The van der Waals surface area contributed by atoms with E-state index in [1.54, 1.807) is 23.9 Å². The van der Waals surface area contributed by atoms with Gasteiger partial charge in [0.15, 0.2) is 0 Å². The van der Waals surface area contributed by atoms with Crippen LogP contribution in [0, 0.1) is 0 Å². The van der Waals surface area contributed by atoms with E-state index in [1.807, 2.05) is 6.92 Å². The van der Waals surface area contributed by atoms with Gasteiger partial charge in [0, 0.05) is 25.9 Å². The van der Waals surface area contributed by atoms with Crippen LogP contribution in [-0.4, -0.2) is 44.8 Å². The molecule has 116 valence electrons. The Morgan fingerprint density at radius 3 is 2.86 bits per heavy atom. The molecule has 0 radical (unpaired) electrons. The summed E-state index contributed by atoms with van der Waals surface area (Å²) in [5.41, 5.74) is 1.10. The van der Waals surface area contributed by atoms with Crippen LogP contribution in [0.5, 0.6) is 0 Å². The molecule has 2 atom stereocenters. The molecule has 0 amide bonds. The molecule has 0 bridgehead atoms. The summed E-state index contributed by atoms with van der Waals surface area (Å²) in [5.74, 6) is 0.642. The van der Waals surface area contributed by atoms with Crippen molar-refractivity contribution in [3.05, 3.63) is 35.0 Å². The van der Waals surface area contributed by atoms with E-state index in [4.69, 9.17) is 4.74 Å². The Morgan fingerprint density at radius 2 is 2.14 bits per heavy atom. The number of rotatable bonds is 2. The van der Waals surface area contributed by atoms with E-state index in [9.17, 15) is 4.79 Å². The van der Waals surface area contributed by atoms with Crippen molar-refractivity contribution in [3.8, 4) is 11.4 Å². The van der Waals surface area contributed by atoms with Gasteiger partial charge in [-0.05, 0) is 19.9 Å². The molecule has 3 heterocycles. The first-order valence-corrected chi connectivity index (χ1v) is 7.29. The third-order valence-electron chi connectivity index (χ3n) is 3.82. The SMILES string of the molecule is C[C@@H]1CN(c2nc(-c3ccncn3)cc(=O)n2C)[C@H](C)CO1. The van der Waals surface area contributed by atoms with Crippen molar-refractivity contribution in [2.45, 2.75) is 26.0 Å². The highest BCUT2D eigenvalue weighted by molar-refractivity contribution is 5.55. The molecule has 2 aromatic heterocycles. The predicted octanol–water partition coefficient (Wildman–Crippen LogP) is 0.851. The molecule has 2 aromatic rings. The normalized spacial score (nSPS) is 21.9. The van der Waals surface area contributed by atoms with Crippen LogP contribution in [0.25, 0.3) is 11.4 Å². The Balaban J connectivity index is 2.07. The van der Waals surface area contributed by atoms with Crippen molar-refractivity contribution in [3.63, 3.8) is 0 Å². The minimum atomic E-state index is -0.107. The van der Waals surface area contributed by atoms with Gasteiger partial charge in [0.25, 0.3) is 5.56 Å². The lowest BCUT2D eigenvalue weighted by molar-refractivity contribution is 0.0334. The second-order valence-corrected chi connectivity index (χ2v) is 5.58. The third-order valence-corrected chi connectivity index (χ3v) is 3.82. The molecule has 1 fully saturated rings. The number of morpholine rings is 1. The largest absolute Gasteiger partial charge is 0.375 e. The summed E-state index contributed by atoms with van der Waals surface area (Å²) < 4.78 is 7.22. The highest BCUT2D eigenvalue weighted by atomic mass is 16.5. The van der Waals surface area contributed by atoms with E-state index < -0.39 is 0 Å². The van der Waals surface area contributed by atoms with Gasteiger partial charge < -0.3 is 9.64 Å². The molecule has 1 aliphatic rings. The van der Waals surface area contributed by atoms with E-state index >= 15 is 0 Å². The van der Waals surface area contributed by atoms with E-state index in [0.29, 0.717) is 30.5 Å². The summed E-state index contributed by atoms with van der Waals surface area (Å²) in [5, 5.41) is 0. The number of hydrogen-bond donors (Lipinski definition) is 0. The topological polar surface area (TPSA) is 73.1 Å². The molecule has 1 saturated heterocycles. The predicted molar refractivity (Wildman–Crippen MR) is 82.7 cm³/mol. The lowest BCUT2D eigenvalue weighted by atomic mass is 10.2. The molecular formula is C15H19N5O2. The van der Waals surface area contributed by atoms with Gasteiger partial charge in [0.1, 0.15) is 6.33 Å². The van der Waals surface area contributed by atoms with Gasteiger partial charge in [-0.25, -0.2) is 15.0 Å². The van der Waals surface area contributed by atoms with Crippen molar-refractivity contribution < 1.29 is 4.74 Å². The molecule has 0 N–H and O–H groups in total. The Labute approximate surface area is 128 Å². The van der Waals surface area contributed by atoms with E-state index in [0.717, 1.165) is 0 Å². The van der Waals surface area contributed by atoms with Crippen molar-refractivity contribution in [2.75, 3.05) is 18.1 Å². The molecule has 0 spiro atoms. The Kier molecular flexibility index (Phi) is 3.89. The molecular weight excluding hydrogens is 282 g/mol. The fourth-order valence-electron chi connectivity index (χ4n) is 2.54. The fraction of sp³-hybridized carbons (Fsp3) is 0.467. The molecule has 0 saturated carbocycles. The first kappa shape index (κ1) is 14.6. The van der Waals surface area contributed by atoms with Gasteiger partial charge in [-0.2, -0.15) is 0 Å². The lowest BCUT2D eigenvalue weighted by Gasteiger charge is -2.38. The second kappa shape index (κ2) is 5.84. The van der Waals surface area contributed by atoms with Crippen molar-refractivity contribution in [1.82, 2.24) is 19.5 Å². The van der Waals surface area contributed by atoms with Gasteiger partial charge in [-0.3, -0.25) is 9.36 Å². The zero-order valence-electron chi connectivity index (χ0n) is 12.9. The molecule has 7 heteroatoms. The number of anilines is 1. The molecule has 0 aliphatic carbocycles. The smallest absolute Gasteiger partial charge is 0.255 e. The first-order chi connectivity index (χ1) is 10.6. The van der Waals surface area contributed by atoms with Crippen LogP contribution < -0.4 is 10.5 Å². The molecule has 7 nitrogen and oxygen atoms in total. The number of ether oxygens (including phenoxy) is 1. The Hall–Kier alpha value is -2.28. The number of nitrogens with zero attached hydrogens (tertiary/aromatic N) is 5. The summed E-state index contributed by atoms with van der Waals surface area (Å²) in [6, 6.07) is 3.41. The lowest BCUT2D eigenvalue weighted by Crippen LogP contribution is -2.49. The van der Waals surface area contributed by atoms with E-state index in [1.165, 1.54) is 12.4 Å². The van der Waals surface area contributed by atoms with Crippen LogP contribution in [0.1, 0.15) is 13.8 Å². The summed E-state index contributed by atoms with van der Waals surface area (Å²) >= 11 is 0. The third kappa shape index (κ3) is 2.71. The van der Waals surface area contributed by atoms with E-state index in [-0.39, 0.29) is 17.7 Å². The second-order valence-electron chi connectivity index (χ2n) is 5.58. The first-order valence-electron chi connectivity index (χ1n) is 7.29. The maximum Gasteiger partial charge on any atom is 0.255 e. The molecule has 1 aliphatic heterocycles. The van der Waals surface area contributed by atoms with Gasteiger partial charge in [0.2, 0.25) is 5.95 Å². The van der Waals surface area contributed by atoms with Crippen LogP contribution in [0.15, 0.2) is 29.5 Å². The number of aromatic nitrogens is 4. The molecule has 0 unspecified atom stereocenters. The summed E-state index contributed by atoms with van der Waals surface area (Å²) in [4.78, 5) is 27.1. The number of hydrogen-bond acceptors (Lipinski definition) is 6. The standard InChI is InChI=1S/C15H19N5O2/c1-10-8-22-11(2)7-20(10)15-18-13(6-14(21)19(15)3)12-4-5-16-9-17-12/h4-6,9-11H,7-8H2,1-3H3/t10-,11-/m1/s1. The minimum absolute atomic E-state index is 0.107. The zero-order chi connectivity index (χ0) is 15.7. The maximum atomic E-state index is 12.3. The van der Waals surface area contributed by atoms with Crippen molar-refractivity contribution in [2.24, 2.45) is 7.05 Å². The van der Waals surface area contributed by atoms with Crippen LogP contribution in [0.3, 0.4) is 0 Å². The Morgan fingerprint density at radius 1 is 1.32 bits per heavy atom. The van der Waals surface area contributed by atoms with Crippen molar-refractivity contribution >= 4 is 5.95 Å². The maximum absolute atomic E-state index is 12.3. The van der Waals surface area contributed by atoms with Crippen LogP contribution in [-0.2, 0) is 11.8 Å². The van der Waals surface area contributed by atoms with Crippen molar-refractivity contribution in [1.29, 1.82) is 0 Å². The monoisotopic (exact) mass is 301 g/mol. The fourth-order valence-corrected chi connectivity index (χ4v) is 2.54.